The normalized spacial score (nSPS) is 16.5. The molecule has 2 aromatic carbocycles. The van der Waals surface area contributed by atoms with Crippen molar-refractivity contribution >= 4 is 5.69 Å². The highest BCUT2D eigenvalue weighted by atomic mass is 16.5. The molecule has 2 aromatic rings. The lowest BCUT2D eigenvalue weighted by Crippen LogP contribution is -2.03. The molecule has 1 aliphatic heterocycles. The molecule has 1 heterocycles. The summed E-state index contributed by atoms with van der Waals surface area (Å²) in [6.45, 7) is 6.22. The Morgan fingerprint density at radius 3 is 2.62 bits per heavy atom. The van der Waals surface area contributed by atoms with Crippen molar-refractivity contribution in [1.29, 1.82) is 0 Å². The molecule has 0 aromatic heterocycles. The largest absolute Gasteiger partial charge is 0.497 e. The molecule has 0 fully saturated rings. The zero-order valence-electron chi connectivity index (χ0n) is 13.0. The van der Waals surface area contributed by atoms with Crippen molar-refractivity contribution in [3.63, 3.8) is 0 Å². The second kappa shape index (κ2) is 4.99. The standard InChI is InChI=1S/C18H21NO2/c1-10-11(2)18-15(12(3)17(10)19)9-16(21-18)13-6-5-7-14(8-13)20-4/h5-8,16H,9,19H2,1-4H3. The Morgan fingerprint density at radius 2 is 1.90 bits per heavy atom. The van der Waals surface area contributed by atoms with E-state index in [1.54, 1.807) is 7.11 Å². The van der Waals surface area contributed by atoms with Gasteiger partial charge in [-0.1, -0.05) is 12.1 Å². The third-order valence-electron chi connectivity index (χ3n) is 4.55. The first-order chi connectivity index (χ1) is 10.0. The van der Waals surface area contributed by atoms with E-state index in [1.165, 1.54) is 5.56 Å². The van der Waals surface area contributed by atoms with Gasteiger partial charge in [0.25, 0.3) is 0 Å². The van der Waals surface area contributed by atoms with Gasteiger partial charge in [0.2, 0.25) is 0 Å². The average molecular weight is 283 g/mol. The molecule has 3 rings (SSSR count). The minimum Gasteiger partial charge on any atom is -0.497 e. The molecular weight excluding hydrogens is 262 g/mol. The number of ether oxygens (including phenoxy) is 2. The van der Waals surface area contributed by atoms with E-state index < -0.39 is 0 Å². The van der Waals surface area contributed by atoms with E-state index in [0.29, 0.717) is 0 Å². The van der Waals surface area contributed by atoms with Crippen molar-refractivity contribution in [2.75, 3.05) is 12.8 Å². The summed E-state index contributed by atoms with van der Waals surface area (Å²) in [5.41, 5.74) is 12.9. The van der Waals surface area contributed by atoms with Crippen LogP contribution in [0.25, 0.3) is 0 Å². The van der Waals surface area contributed by atoms with Crippen LogP contribution in [0, 0.1) is 20.8 Å². The highest BCUT2D eigenvalue weighted by Crippen LogP contribution is 2.44. The number of anilines is 1. The first-order valence-electron chi connectivity index (χ1n) is 7.21. The van der Waals surface area contributed by atoms with Crippen molar-refractivity contribution < 1.29 is 9.47 Å². The summed E-state index contributed by atoms with van der Waals surface area (Å²) in [6.07, 6.45) is 0.897. The molecule has 3 heteroatoms. The molecule has 0 spiro atoms. The molecule has 1 unspecified atom stereocenters. The van der Waals surface area contributed by atoms with E-state index >= 15 is 0 Å². The molecule has 0 aliphatic carbocycles. The molecule has 1 aliphatic rings. The predicted molar refractivity (Wildman–Crippen MR) is 85.1 cm³/mol. The molecule has 0 radical (unpaired) electrons. The minimum absolute atomic E-state index is 0.0358. The van der Waals surface area contributed by atoms with Crippen molar-refractivity contribution in [3.8, 4) is 11.5 Å². The fourth-order valence-electron chi connectivity index (χ4n) is 3.02. The van der Waals surface area contributed by atoms with Gasteiger partial charge in [0.15, 0.2) is 0 Å². The Balaban J connectivity index is 2.01. The van der Waals surface area contributed by atoms with Gasteiger partial charge in [-0.2, -0.15) is 0 Å². The Labute approximate surface area is 125 Å². The topological polar surface area (TPSA) is 44.5 Å². The van der Waals surface area contributed by atoms with E-state index in [2.05, 4.69) is 26.8 Å². The molecule has 0 saturated carbocycles. The highest BCUT2D eigenvalue weighted by molar-refractivity contribution is 5.66. The molecule has 0 saturated heterocycles. The van der Waals surface area contributed by atoms with Gasteiger partial charge < -0.3 is 15.2 Å². The number of nitrogen functional groups attached to an aromatic ring is 1. The summed E-state index contributed by atoms with van der Waals surface area (Å²) < 4.78 is 11.5. The summed E-state index contributed by atoms with van der Waals surface area (Å²) in [5, 5.41) is 0. The van der Waals surface area contributed by atoms with Gasteiger partial charge >= 0.3 is 0 Å². The van der Waals surface area contributed by atoms with E-state index in [-0.39, 0.29) is 6.10 Å². The van der Waals surface area contributed by atoms with Gasteiger partial charge in [0.05, 0.1) is 7.11 Å². The summed E-state index contributed by atoms with van der Waals surface area (Å²) >= 11 is 0. The van der Waals surface area contributed by atoms with Crippen LogP contribution in [0.1, 0.15) is 33.9 Å². The van der Waals surface area contributed by atoms with Gasteiger partial charge in [0.1, 0.15) is 17.6 Å². The summed E-state index contributed by atoms with van der Waals surface area (Å²) in [4.78, 5) is 0. The van der Waals surface area contributed by atoms with Gasteiger partial charge in [-0.15, -0.1) is 0 Å². The van der Waals surface area contributed by atoms with Crippen molar-refractivity contribution in [2.45, 2.75) is 33.3 Å². The predicted octanol–water partition coefficient (Wildman–Crippen LogP) is 3.88. The van der Waals surface area contributed by atoms with Crippen LogP contribution in [0.3, 0.4) is 0 Å². The van der Waals surface area contributed by atoms with Gasteiger partial charge in [-0.05, 0) is 55.2 Å². The summed E-state index contributed by atoms with van der Waals surface area (Å²) in [7, 11) is 1.68. The Hall–Kier alpha value is -2.16. The molecule has 0 amide bonds. The number of benzene rings is 2. The Bertz CT molecular complexity index is 670. The zero-order valence-corrected chi connectivity index (χ0v) is 13.0. The number of rotatable bonds is 2. The number of nitrogens with two attached hydrogens (primary N) is 1. The van der Waals surface area contributed by atoms with Crippen LogP contribution in [0.2, 0.25) is 0 Å². The molecular formula is C18H21NO2. The highest BCUT2D eigenvalue weighted by Gasteiger charge is 2.29. The van der Waals surface area contributed by atoms with E-state index in [9.17, 15) is 0 Å². The summed E-state index contributed by atoms with van der Waals surface area (Å²) in [6, 6.07) is 8.07. The molecule has 3 nitrogen and oxygen atoms in total. The van der Waals surface area contributed by atoms with Crippen LogP contribution in [-0.4, -0.2) is 7.11 Å². The second-order valence-corrected chi connectivity index (χ2v) is 5.68. The smallest absolute Gasteiger partial charge is 0.128 e. The maximum atomic E-state index is 6.23. The van der Waals surface area contributed by atoms with E-state index in [0.717, 1.165) is 45.9 Å². The average Bonchev–Trinajstić information content (AvgIpc) is 2.96. The van der Waals surface area contributed by atoms with Gasteiger partial charge in [-0.25, -0.2) is 0 Å². The van der Waals surface area contributed by atoms with E-state index in [1.807, 2.05) is 18.2 Å². The minimum atomic E-state index is 0.0358. The first-order valence-corrected chi connectivity index (χ1v) is 7.21. The Morgan fingerprint density at radius 1 is 1.14 bits per heavy atom. The molecule has 0 bridgehead atoms. The SMILES string of the molecule is COc1cccc(C2Cc3c(C)c(N)c(C)c(C)c3O2)c1. The quantitative estimate of drug-likeness (QED) is 0.851. The van der Waals surface area contributed by atoms with Crippen molar-refractivity contribution in [3.05, 3.63) is 52.1 Å². The molecule has 2 N–H and O–H groups in total. The lowest BCUT2D eigenvalue weighted by atomic mass is 9.94. The number of methoxy groups -OCH3 is 1. The second-order valence-electron chi connectivity index (χ2n) is 5.68. The third-order valence-corrected chi connectivity index (χ3v) is 4.55. The van der Waals surface area contributed by atoms with Crippen LogP contribution >= 0.6 is 0 Å². The zero-order chi connectivity index (χ0) is 15.1. The number of fused-ring (bicyclic) bond motifs is 1. The van der Waals surface area contributed by atoms with Crippen molar-refractivity contribution in [1.82, 2.24) is 0 Å². The van der Waals surface area contributed by atoms with Crippen molar-refractivity contribution in [2.24, 2.45) is 0 Å². The van der Waals surface area contributed by atoms with Crippen LogP contribution in [-0.2, 0) is 6.42 Å². The van der Waals surface area contributed by atoms with Gasteiger partial charge in [0, 0.05) is 17.7 Å². The van der Waals surface area contributed by atoms with Crippen LogP contribution < -0.4 is 15.2 Å². The van der Waals surface area contributed by atoms with Crippen LogP contribution in [0.4, 0.5) is 5.69 Å². The fourth-order valence-corrected chi connectivity index (χ4v) is 3.02. The van der Waals surface area contributed by atoms with Crippen LogP contribution in [0.15, 0.2) is 24.3 Å². The summed E-state index contributed by atoms with van der Waals surface area (Å²) in [5.74, 6) is 1.86. The maximum Gasteiger partial charge on any atom is 0.128 e. The van der Waals surface area contributed by atoms with E-state index in [4.69, 9.17) is 15.2 Å². The lowest BCUT2D eigenvalue weighted by molar-refractivity contribution is 0.236. The molecule has 21 heavy (non-hydrogen) atoms. The van der Waals surface area contributed by atoms with Gasteiger partial charge in [-0.3, -0.25) is 0 Å². The lowest BCUT2D eigenvalue weighted by Gasteiger charge is -2.15. The maximum absolute atomic E-state index is 6.23. The Kier molecular flexibility index (Phi) is 3.28. The molecule has 110 valence electrons. The molecule has 1 atom stereocenters. The third kappa shape index (κ3) is 2.13. The van der Waals surface area contributed by atoms with Crippen LogP contribution in [0.5, 0.6) is 11.5 Å². The first kappa shape index (κ1) is 13.8. The number of hydrogen-bond donors (Lipinski definition) is 1. The monoisotopic (exact) mass is 283 g/mol. The fraction of sp³-hybridized carbons (Fsp3) is 0.333. The number of hydrogen-bond acceptors (Lipinski definition) is 3.